The molecule has 1 rings (SSSR count). The fourth-order valence-electron chi connectivity index (χ4n) is 1.13. The van der Waals surface area contributed by atoms with E-state index in [0.29, 0.717) is 24.7 Å². The number of carbonyl (C=O) groups excluding carboxylic acids is 1. The largest absolute Gasteiger partial charge is 0.480 e. The van der Waals surface area contributed by atoms with Crippen molar-refractivity contribution in [1.29, 1.82) is 0 Å². The number of carboxylic acid groups (broad SMARTS) is 1. The van der Waals surface area contributed by atoms with Gasteiger partial charge in [0.15, 0.2) is 5.82 Å². The van der Waals surface area contributed by atoms with Gasteiger partial charge in [0.25, 0.3) is 0 Å². The van der Waals surface area contributed by atoms with Crippen LogP contribution in [0, 0.1) is 6.92 Å². The molecule has 2 N–H and O–H groups in total. The number of carbonyl (C=O) groups is 2. The van der Waals surface area contributed by atoms with Crippen molar-refractivity contribution in [2.75, 3.05) is 20.1 Å². The summed E-state index contributed by atoms with van der Waals surface area (Å²) in [7, 11) is 1.40. The van der Waals surface area contributed by atoms with Crippen LogP contribution < -0.4 is 5.32 Å². The lowest BCUT2D eigenvalue weighted by Gasteiger charge is -2.14. The first-order valence-corrected chi connectivity index (χ1v) is 4.99. The van der Waals surface area contributed by atoms with Crippen LogP contribution in [0.25, 0.3) is 0 Å². The van der Waals surface area contributed by atoms with E-state index in [2.05, 4.69) is 15.5 Å². The molecule has 0 atom stereocenters. The number of rotatable bonds is 5. The van der Waals surface area contributed by atoms with E-state index in [4.69, 9.17) is 9.63 Å². The Morgan fingerprint density at radius 1 is 1.53 bits per heavy atom. The van der Waals surface area contributed by atoms with Gasteiger partial charge >= 0.3 is 12.0 Å². The quantitative estimate of drug-likeness (QED) is 0.730. The number of nitrogens with one attached hydrogen (secondary N) is 1. The van der Waals surface area contributed by atoms with Crippen LogP contribution in [-0.2, 0) is 11.2 Å². The number of aryl methyl sites for hydroxylation is 1. The second-order valence-corrected chi connectivity index (χ2v) is 3.47. The Bertz CT molecular complexity index is 403. The van der Waals surface area contributed by atoms with Crippen molar-refractivity contribution in [2.24, 2.45) is 0 Å². The molecule has 0 aromatic carbocycles. The maximum Gasteiger partial charge on any atom is 0.323 e. The minimum Gasteiger partial charge on any atom is -0.480 e. The summed E-state index contributed by atoms with van der Waals surface area (Å²) in [6.07, 6.45) is 0.410. The second-order valence-electron chi connectivity index (χ2n) is 3.47. The van der Waals surface area contributed by atoms with Gasteiger partial charge in [-0.2, -0.15) is 4.98 Å². The molecule has 0 aliphatic carbocycles. The van der Waals surface area contributed by atoms with Crippen LogP contribution >= 0.6 is 0 Å². The molecule has 8 heteroatoms. The highest BCUT2D eigenvalue weighted by molar-refractivity contribution is 5.79. The van der Waals surface area contributed by atoms with Crippen molar-refractivity contribution in [1.82, 2.24) is 20.4 Å². The summed E-state index contributed by atoms with van der Waals surface area (Å²) in [5.41, 5.74) is 0. The van der Waals surface area contributed by atoms with Crippen molar-refractivity contribution in [2.45, 2.75) is 13.3 Å². The molecule has 0 fully saturated rings. The molecule has 0 spiro atoms. The number of urea groups is 1. The third-order valence-corrected chi connectivity index (χ3v) is 1.90. The molecular weight excluding hydrogens is 228 g/mol. The SMILES string of the molecule is Cc1noc(CCNC(=O)N(C)CC(=O)O)n1. The molecule has 0 aliphatic rings. The number of aromatic nitrogens is 2. The molecule has 2 amide bonds. The highest BCUT2D eigenvalue weighted by atomic mass is 16.5. The van der Waals surface area contributed by atoms with Gasteiger partial charge in [-0.3, -0.25) is 4.79 Å². The first-order valence-electron chi connectivity index (χ1n) is 4.99. The van der Waals surface area contributed by atoms with Crippen molar-refractivity contribution in [3.63, 3.8) is 0 Å². The van der Waals surface area contributed by atoms with Gasteiger partial charge in [0.05, 0.1) is 0 Å². The van der Waals surface area contributed by atoms with Gasteiger partial charge in [0.1, 0.15) is 6.54 Å². The molecule has 0 radical (unpaired) electrons. The lowest BCUT2D eigenvalue weighted by molar-refractivity contribution is -0.137. The molecule has 8 nitrogen and oxygen atoms in total. The molecule has 1 aromatic rings. The summed E-state index contributed by atoms with van der Waals surface area (Å²) >= 11 is 0. The average molecular weight is 242 g/mol. The number of carboxylic acids is 1. The first-order chi connectivity index (χ1) is 7.99. The average Bonchev–Trinajstić information content (AvgIpc) is 2.63. The van der Waals surface area contributed by atoms with Crippen LogP contribution in [-0.4, -0.2) is 52.3 Å². The number of aliphatic carboxylic acids is 1. The summed E-state index contributed by atoms with van der Waals surface area (Å²) in [5.74, 6) is -0.0896. The van der Waals surface area contributed by atoms with Crippen molar-refractivity contribution in [3.8, 4) is 0 Å². The summed E-state index contributed by atoms with van der Waals surface area (Å²) in [6.45, 7) is 1.67. The summed E-state index contributed by atoms with van der Waals surface area (Å²) < 4.78 is 4.85. The summed E-state index contributed by atoms with van der Waals surface area (Å²) in [6, 6.07) is -0.455. The number of hydrogen-bond acceptors (Lipinski definition) is 5. The normalized spacial score (nSPS) is 10.0. The van der Waals surface area contributed by atoms with E-state index in [1.165, 1.54) is 7.05 Å². The van der Waals surface area contributed by atoms with Gasteiger partial charge in [0, 0.05) is 20.0 Å². The van der Waals surface area contributed by atoms with Crippen LogP contribution in [0.1, 0.15) is 11.7 Å². The van der Waals surface area contributed by atoms with Crippen LogP contribution in [0.5, 0.6) is 0 Å². The number of likely N-dealkylation sites (N-methyl/N-ethyl adjacent to an activating group) is 1. The lowest BCUT2D eigenvalue weighted by atomic mass is 10.4. The predicted molar refractivity (Wildman–Crippen MR) is 56.4 cm³/mol. The summed E-state index contributed by atoms with van der Waals surface area (Å²) in [5, 5.41) is 14.6. The number of nitrogens with zero attached hydrogens (tertiary/aromatic N) is 3. The molecule has 0 saturated carbocycles. The van der Waals surface area contributed by atoms with E-state index in [0.717, 1.165) is 4.90 Å². The molecule has 1 heterocycles. The molecule has 0 aliphatic heterocycles. The highest BCUT2D eigenvalue weighted by Gasteiger charge is 2.11. The van der Waals surface area contributed by atoms with Crippen molar-refractivity contribution >= 4 is 12.0 Å². The Kier molecular flexibility index (Phi) is 4.44. The zero-order valence-corrected chi connectivity index (χ0v) is 9.63. The molecule has 0 saturated heterocycles. The van der Waals surface area contributed by atoms with E-state index < -0.39 is 12.0 Å². The molecule has 17 heavy (non-hydrogen) atoms. The Labute approximate surface area is 97.6 Å². The lowest BCUT2D eigenvalue weighted by Crippen LogP contribution is -2.40. The molecule has 1 aromatic heterocycles. The van der Waals surface area contributed by atoms with Gasteiger partial charge in [-0.15, -0.1) is 0 Å². The predicted octanol–water partition coefficient (Wildman–Crippen LogP) is -0.353. The van der Waals surface area contributed by atoms with Crippen molar-refractivity contribution < 1.29 is 19.2 Å². The fraction of sp³-hybridized carbons (Fsp3) is 0.556. The van der Waals surface area contributed by atoms with Crippen LogP contribution in [0.15, 0.2) is 4.52 Å². The monoisotopic (exact) mass is 242 g/mol. The van der Waals surface area contributed by atoms with Gasteiger partial charge in [-0.1, -0.05) is 5.16 Å². The molecular formula is C9H14N4O4. The second kappa shape index (κ2) is 5.83. The smallest absolute Gasteiger partial charge is 0.323 e. The molecule has 0 bridgehead atoms. The Morgan fingerprint density at radius 2 is 2.24 bits per heavy atom. The van der Waals surface area contributed by atoms with E-state index >= 15 is 0 Å². The van der Waals surface area contributed by atoms with E-state index in [1.54, 1.807) is 6.92 Å². The molecule has 94 valence electrons. The van der Waals surface area contributed by atoms with E-state index in [-0.39, 0.29) is 6.54 Å². The maximum atomic E-state index is 11.4. The van der Waals surface area contributed by atoms with Crippen LogP contribution in [0.2, 0.25) is 0 Å². The van der Waals surface area contributed by atoms with Gasteiger partial charge < -0.3 is 19.8 Å². The van der Waals surface area contributed by atoms with Crippen molar-refractivity contribution in [3.05, 3.63) is 11.7 Å². The fourth-order valence-corrected chi connectivity index (χ4v) is 1.13. The Balaban J connectivity index is 2.26. The maximum absolute atomic E-state index is 11.4. The van der Waals surface area contributed by atoms with Crippen LogP contribution in [0.3, 0.4) is 0 Å². The van der Waals surface area contributed by atoms with E-state index in [1.807, 2.05) is 0 Å². The first kappa shape index (κ1) is 12.9. The number of hydrogen-bond donors (Lipinski definition) is 2. The summed E-state index contributed by atoms with van der Waals surface area (Å²) in [4.78, 5) is 26.8. The zero-order chi connectivity index (χ0) is 12.8. The Morgan fingerprint density at radius 3 is 2.76 bits per heavy atom. The third kappa shape index (κ3) is 4.49. The Hall–Kier alpha value is -2.12. The van der Waals surface area contributed by atoms with Gasteiger partial charge in [-0.25, -0.2) is 4.79 Å². The minimum absolute atomic E-state index is 0.310. The minimum atomic E-state index is -1.06. The number of amides is 2. The third-order valence-electron chi connectivity index (χ3n) is 1.90. The van der Waals surface area contributed by atoms with Crippen LogP contribution in [0.4, 0.5) is 4.79 Å². The zero-order valence-electron chi connectivity index (χ0n) is 9.63. The topological polar surface area (TPSA) is 109 Å². The standard InChI is InChI=1S/C9H14N4O4/c1-6-11-7(17-12-6)3-4-10-9(16)13(2)5-8(14)15/h3-5H2,1-2H3,(H,10,16)(H,14,15). The van der Waals surface area contributed by atoms with Gasteiger partial charge in [-0.05, 0) is 6.92 Å². The van der Waals surface area contributed by atoms with E-state index in [9.17, 15) is 9.59 Å². The highest BCUT2D eigenvalue weighted by Crippen LogP contribution is 1.95. The van der Waals surface area contributed by atoms with Gasteiger partial charge in [0.2, 0.25) is 5.89 Å². The molecule has 0 unspecified atom stereocenters.